The highest BCUT2D eigenvalue weighted by Gasteiger charge is 2.33. The molecule has 1 saturated heterocycles. The molecule has 0 aliphatic carbocycles. The van der Waals surface area contributed by atoms with E-state index in [1.54, 1.807) is 19.1 Å². The molecule has 3 amide bonds. The summed E-state index contributed by atoms with van der Waals surface area (Å²) in [6, 6.07) is 14.8. The van der Waals surface area contributed by atoms with Crippen molar-refractivity contribution in [3.63, 3.8) is 0 Å². The van der Waals surface area contributed by atoms with Gasteiger partial charge in [-0.15, -0.1) is 0 Å². The van der Waals surface area contributed by atoms with E-state index in [1.165, 1.54) is 0 Å². The second kappa shape index (κ2) is 7.91. The summed E-state index contributed by atoms with van der Waals surface area (Å²) < 4.78 is 5.25. The SMILES string of the molecule is CNC(=O)[C@@H]1CCCN1C(=O)Nc1ccc(-c2cccc(OC)c2)cc1. The maximum atomic E-state index is 12.5. The van der Waals surface area contributed by atoms with Gasteiger partial charge in [0.05, 0.1) is 7.11 Å². The molecule has 2 aromatic carbocycles. The summed E-state index contributed by atoms with van der Waals surface area (Å²) in [6.45, 7) is 0.589. The van der Waals surface area contributed by atoms with Gasteiger partial charge in [-0.05, 0) is 48.2 Å². The molecule has 0 unspecified atom stereocenters. The molecule has 0 aromatic heterocycles. The van der Waals surface area contributed by atoms with Crippen molar-refractivity contribution in [2.45, 2.75) is 18.9 Å². The Bertz CT molecular complexity index is 789. The van der Waals surface area contributed by atoms with Gasteiger partial charge in [-0.2, -0.15) is 0 Å². The third-order valence-electron chi connectivity index (χ3n) is 4.60. The summed E-state index contributed by atoms with van der Waals surface area (Å²) in [4.78, 5) is 26.0. The number of benzene rings is 2. The lowest BCUT2D eigenvalue weighted by Crippen LogP contribution is -2.46. The van der Waals surface area contributed by atoms with Crippen molar-refractivity contribution in [1.29, 1.82) is 0 Å². The molecule has 0 saturated carbocycles. The van der Waals surface area contributed by atoms with E-state index in [-0.39, 0.29) is 11.9 Å². The highest BCUT2D eigenvalue weighted by molar-refractivity contribution is 5.94. The number of rotatable bonds is 4. The quantitative estimate of drug-likeness (QED) is 0.887. The first kappa shape index (κ1) is 17.8. The second-order valence-corrected chi connectivity index (χ2v) is 6.21. The number of amides is 3. The average Bonchev–Trinajstić information content (AvgIpc) is 3.18. The van der Waals surface area contributed by atoms with E-state index in [1.807, 2.05) is 48.5 Å². The zero-order chi connectivity index (χ0) is 18.5. The Labute approximate surface area is 153 Å². The lowest BCUT2D eigenvalue weighted by atomic mass is 10.1. The van der Waals surface area contributed by atoms with Crippen LogP contribution in [0.5, 0.6) is 5.75 Å². The fourth-order valence-corrected chi connectivity index (χ4v) is 3.19. The van der Waals surface area contributed by atoms with Gasteiger partial charge in [0.2, 0.25) is 5.91 Å². The van der Waals surface area contributed by atoms with Gasteiger partial charge in [0.15, 0.2) is 0 Å². The first-order valence-electron chi connectivity index (χ1n) is 8.66. The number of urea groups is 1. The molecule has 1 aliphatic heterocycles. The number of hydrogen-bond acceptors (Lipinski definition) is 3. The minimum atomic E-state index is -0.393. The number of hydrogen-bond donors (Lipinski definition) is 2. The fraction of sp³-hybridized carbons (Fsp3) is 0.300. The number of carbonyl (C=O) groups is 2. The van der Waals surface area contributed by atoms with Gasteiger partial charge in [-0.25, -0.2) is 4.79 Å². The topological polar surface area (TPSA) is 70.7 Å². The molecule has 26 heavy (non-hydrogen) atoms. The van der Waals surface area contributed by atoms with Crippen LogP contribution in [0.4, 0.5) is 10.5 Å². The molecule has 6 heteroatoms. The highest BCUT2D eigenvalue weighted by Crippen LogP contribution is 2.25. The van der Waals surface area contributed by atoms with E-state index < -0.39 is 6.04 Å². The molecule has 6 nitrogen and oxygen atoms in total. The zero-order valence-corrected chi connectivity index (χ0v) is 15.0. The largest absolute Gasteiger partial charge is 0.497 e. The lowest BCUT2D eigenvalue weighted by molar-refractivity contribution is -0.124. The van der Waals surface area contributed by atoms with Gasteiger partial charge in [0, 0.05) is 19.3 Å². The van der Waals surface area contributed by atoms with Crippen LogP contribution in [0.1, 0.15) is 12.8 Å². The van der Waals surface area contributed by atoms with Gasteiger partial charge in [0.25, 0.3) is 0 Å². The van der Waals surface area contributed by atoms with Crippen molar-refractivity contribution in [1.82, 2.24) is 10.2 Å². The van der Waals surface area contributed by atoms with E-state index >= 15 is 0 Å². The van der Waals surface area contributed by atoms with Gasteiger partial charge < -0.3 is 20.3 Å². The molecule has 1 atom stereocenters. The predicted molar refractivity (Wildman–Crippen MR) is 101 cm³/mol. The molecule has 1 fully saturated rings. The lowest BCUT2D eigenvalue weighted by Gasteiger charge is -2.23. The first-order valence-corrected chi connectivity index (χ1v) is 8.66. The van der Waals surface area contributed by atoms with E-state index in [9.17, 15) is 9.59 Å². The molecule has 1 aliphatic rings. The van der Waals surface area contributed by atoms with Gasteiger partial charge >= 0.3 is 6.03 Å². The fourth-order valence-electron chi connectivity index (χ4n) is 3.19. The Hall–Kier alpha value is -3.02. The molecular formula is C20H23N3O3. The van der Waals surface area contributed by atoms with Crippen molar-refractivity contribution in [3.8, 4) is 16.9 Å². The van der Waals surface area contributed by atoms with Crippen LogP contribution in [-0.4, -0.2) is 43.6 Å². The maximum Gasteiger partial charge on any atom is 0.322 e. The number of carbonyl (C=O) groups excluding carboxylic acids is 2. The minimum absolute atomic E-state index is 0.119. The standard InChI is InChI=1S/C20H23N3O3/c1-21-19(24)18-7-4-12-23(18)20(25)22-16-10-8-14(9-11-16)15-5-3-6-17(13-15)26-2/h3,5-6,8-11,13,18H,4,7,12H2,1-2H3,(H,21,24)(H,22,25)/t18-/m0/s1. The summed E-state index contributed by atoms with van der Waals surface area (Å²) in [5.41, 5.74) is 2.77. The maximum absolute atomic E-state index is 12.5. The van der Waals surface area contributed by atoms with Gasteiger partial charge in [-0.1, -0.05) is 24.3 Å². The number of nitrogens with zero attached hydrogens (tertiary/aromatic N) is 1. The Morgan fingerprint density at radius 1 is 1.12 bits per heavy atom. The smallest absolute Gasteiger partial charge is 0.322 e. The van der Waals surface area contributed by atoms with Crippen LogP contribution in [0.2, 0.25) is 0 Å². The van der Waals surface area contributed by atoms with Crippen LogP contribution >= 0.6 is 0 Å². The third kappa shape index (κ3) is 3.79. The first-order chi connectivity index (χ1) is 12.6. The molecule has 2 aromatic rings. The number of likely N-dealkylation sites (tertiary alicyclic amines) is 1. The molecule has 2 N–H and O–H groups in total. The molecule has 0 spiro atoms. The minimum Gasteiger partial charge on any atom is -0.497 e. The number of nitrogens with one attached hydrogen (secondary N) is 2. The Morgan fingerprint density at radius 3 is 2.58 bits per heavy atom. The van der Waals surface area contributed by atoms with Gasteiger partial charge in [-0.3, -0.25) is 4.79 Å². The number of likely N-dealkylation sites (N-methyl/N-ethyl adjacent to an activating group) is 1. The Morgan fingerprint density at radius 2 is 1.88 bits per heavy atom. The normalized spacial score (nSPS) is 16.2. The summed E-state index contributed by atoms with van der Waals surface area (Å²) >= 11 is 0. The van der Waals surface area contributed by atoms with E-state index in [4.69, 9.17) is 4.74 Å². The molecule has 0 radical (unpaired) electrons. The van der Waals surface area contributed by atoms with Crippen LogP contribution in [0.15, 0.2) is 48.5 Å². The molecule has 136 valence electrons. The van der Waals surface area contributed by atoms with Crippen molar-refractivity contribution in [3.05, 3.63) is 48.5 Å². The molecule has 1 heterocycles. The molecule has 3 rings (SSSR count). The predicted octanol–water partition coefficient (Wildman–Crippen LogP) is 3.10. The van der Waals surface area contributed by atoms with Crippen molar-refractivity contribution in [2.75, 3.05) is 26.0 Å². The monoisotopic (exact) mass is 353 g/mol. The number of anilines is 1. The van der Waals surface area contributed by atoms with Crippen LogP contribution in [-0.2, 0) is 4.79 Å². The van der Waals surface area contributed by atoms with E-state index in [0.717, 1.165) is 23.3 Å². The zero-order valence-electron chi connectivity index (χ0n) is 15.0. The van der Waals surface area contributed by atoms with Crippen LogP contribution in [0.3, 0.4) is 0 Å². The summed E-state index contributed by atoms with van der Waals surface area (Å²) in [6.07, 6.45) is 1.53. The van der Waals surface area contributed by atoms with Gasteiger partial charge in [0.1, 0.15) is 11.8 Å². The number of methoxy groups -OCH3 is 1. The van der Waals surface area contributed by atoms with Crippen molar-refractivity contribution < 1.29 is 14.3 Å². The molecule has 0 bridgehead atoms. The van der Waals surface area contributed by atoms with E-state index in [0.29, 0.717) is 18.7 Å². The summed E-state index contributed by atoms with van der Waals surface area (Å²) in [5, 5.41) is 5.50. The van der Waals surface area contributed by atoms with Crippen molar-refractivity contribution in [2.24, 2.45) is 0 Å². The van der Waals surface area contributed by atoms with Crippen molar-refractivity contribution >= 4 is 17.6 Å². The highest BCUT2D eigenvalue weighted by atomic mass is 16.5. The summed E-state index contributed by atoms with van der Waals surface area (Å²) in [7, 11) is 3.23. The van der Waals surface area contributed by atoms with Crippen LogP contribution < -0.4 is 15.4 Å². The Balaban J connectivity index is 1.69. The summed E-state index contributed by atoms with van der Waals surface area (Å²) in [5.74, 6) is 0.681. The number of ether oxygens (including phenoxy) is 1. The molecular weight excluding hydrogens is 330 g/mol. The second-order valence-electron chi connectivity index (χ2n) is 6.21. The van der Waals surface area contributed by atoms with Crippen LogP contribution in [0.25, 0.3) is 11.1 Å². The Kier molecular flexibility index (Phi) is 5.41. The average molecular weight is 353 g/mol. The third-order valence-corrected chi connectivity index (χ3v) is 4.60. The van der Waals surface area contributed by atoms with Crippen LogP contribution in [0, 0.1) is 0 Å². The van der Waals surface area contributed by atoms with E-state index in [2.05, 4.69) is 10.6 Å².